The summed E-state index contributed by atoms with van der Waals surface area (Å²) < 4.78 is 103. The molecule has 184 valence electrons. The van der Waals surface area contributed by atoms with E-state index >= 15 is 0 Å². The van der Waals surface area contributed by atoms with Gasteiger partial charge in [0, 0.05) is 49.2 Å². The van der Waals surface area contributed by atoms with Crippen molar-refractivity contribution in [2.45, 2.75) is 12.4 Å². The molecule has 0 unspecified atom stereocenters. The molecule has 13 heteroatoms. The molecule has 0 aliphatic rings. The normalized spacial score (nSPS) is 12.4. The number of ether oxygens (including phenoxy) is 1. The first-order valence-corrected chi connectivity index (χ1v) is 9.72. The van der Waals surface area contributed by atoms with Gasteiger partial charge in [0.05, 0.1) is 0 Å². The van der Waals surface area contributed by atoms with Crippen LogP contribution < -0.4 is 15.9 Å². The smallest absolute Gasteiger partial charge is 0.420 e. The number of rotatable bonds is 3. The van der Waals surface area contributed by atoms with E-state index in [2.05, 4.69) is 4.98 Å². The van der Waals surface area contributed by atoms with Crippen LogP contribution in [0.25, 0.3) is 22.0 Å². The highest BCUT2D eigenvalue weighted by atomic mass is 19.4. The molecule has 1 aromatic carbocycles. The molecule has 0 spiro atoms. The van der Waals surface area contributed by atoms with Gasteiger partial charge < -0.3 is 18.9 Å². The number of aromatic nitrogens is 3. The monoisotopic (exact) mass is 501 g/mol. The highest BCUT2D eigenvalue weighted by Gasteiger charge is 2.43. The Labute approximate surface area is 190 Å². The molecule has 0 bridgehead atoms. The van der Waals surface area contributed by atoms with Crippen molar-refractivity contribution in [3.05, 3.63) is 80.5 Å². The van der Waals surface area contributed by atoms with E-state index < -0.39 is 51.9 Å². The molecule has 35 heavy (non-hydrogen) atoms. The number of alkyl halides is 6. The van der Waals surface area contributed by atoms with Crippen LogP contribution in [0.1, 0.15) is 11.1 Å². The third-order valence-corrected chi connectivity index (χ3v) is 5.28. The number of aromatic amines is 1. The lowest BCUT2D eigenvalue weighted by Crippen LogP contribution is -2.21. The number of pyridine rings is 2. The fourth-order valence-electron chi connectivity index (χ4n) is 3.63. The highest BCUT2D eigenvalue weighted by molar-refractivity contribution is 5.95. The Morgan fingerprint density at radius 2 is 1.43 bits per heavy atom. The maximum absolute atomic E-state index is 13.8. The van der Waals surface area contributed by atoms with Crippen LogP contribution in [0.3, 0.4) is 0 Å². The lowest BCUT2D eigenvalue weighted by Gasteiger charge is -2.20. The number of benzene rings is 1. The maximum Gasteiger partial charge on any atom is 0.420 e. The van der Waals surface area contributed by atoms with E-state index in [1.165, 1.54) is 44.8 Å². The van der Waals surface area contributed by atoms with Gasteiger partial charge in [0.15, 0.2) is 5.75 Å². The first-order chi connectivity index (χ1) is 16.2. The van der Waals surface area contributed by atoms with Crippen molar-refractivity contribution in [1.82, 2.24) is 14.1 Å². The first kappa shape index (κ1) is 24.1. The molecule has 0 saturated carbocycles. The van der Waals surface area contributed by atoms with E-state index in [-0.39, 0.29) is 34.2 Å². The van der Waals surface area contributed by atoms with Crippen LogP contribution in [0.2, 0.25) is 0 Å². The molecule has 0 fully saturated rings. The lowest BCUT2D eigenvalue weighted by molar-refractivity contribution is -0.145. The van der Waals surface area contributed by atoms with Crippen molar-refractivity contribution in [2.75, 3.05) is 0 Å². The Morgan fingerprint density at radius 3 is 2.00 bits per heavy atom. The predicted molar refractivity (Wildman–Crippen MR) is 111 cm³/mol. The summed E-state index contributed by atoms with van der Waals surface area (Å²) in [6, 6.07) is 2.41. The minimum absolute atomic E-state index is 0.0883. The topological polar surface area (TPSA) is 69.0 Å². The van der Waals surface area contributed by atoms with E-state index in [1.54, 1.807) is 0 Å². The summed E-state index contributed by atoms with van der Waals surface area (Å²) in [4.78, 5) is 28.0. The average Bonchev–Trinajstić information content (AvgIpc) is 3.24. The fraction of sp³-hybridized carbons (Fsp3) is 0.182. The summed E-state index contributed by atoms with van der Waals surface area (Å²) in [6.07, 6.45) is -6.99. The lowest BCUT2D eigenvalue weighted by atomic mass is 10.0. The fourth-order valence-corrected chi connectivity index (χ4v) is 3.63. The van der Waals surface area contributed by atoms with Crippen molar-refractivity contribution in [1.29, 1.82) is 0 Å². The second kappa shape index (κ2) is 8.03. The van der Waals surface area contributed by atoms with Gasteiger partial charge in [-0.25, -0.2) is 4.39 Å². The SMILES string of the molecule is Cn1ccc(-c2cn(C)c(=O)c3[nH]ccc23)c(Oc2c(C(F)(F)F)cc(F)cc2C(F)(F)F)c1=O. The molecule has 4 aromatic rings. The zero-order valence-corrected chi connectivity index (χ0v) is 17.8. The quantitative estimate of drug-likeness (QED) is 0.393. The standard InChI is InChI=1S/C22H14F7N3O3/c1-31-6-4-12(13-9-32(2)19(33)16-11(13)3-5-30-16)17(20(31)34)35-18-14(21(24,25)26)7-10(23)8-15(18)22(27,28)29/h3-9,30H,1-2H3. The Balaban J connectivity index is 2.07. The van der Waals surface area contributed by atoms with Gasteiger partial charge in [0.25, 0.3) is 11.1 Å². The van der Waals surface area contributed by atoms with Crippen LogP contribution in [-0.4, -0.2) is 14.1 Å². The Morgan fingerprint density at radius 1 is 0.829 bits per heavy atom. The van der Waals surface area contributed by atoms with Crippen LogP contribution in [-0.2, 0) is 26.4 Å². The summed E-state index contributed by atoms with van der Waals surface area (Å²) in [6.45, 7) is 0. The third kappa shape index (κ3) is 4.17. The second-order valence-electron chi connectivity index (χ2n) is 7.63. The molecule has 0 atom stereocenters. The van der Waals surface area contributed by atoms with Crippen molar-refractivity contribution < 1.29 is 35.5 Å². The molecule has 4 rings (SSSR count). The number of nitrogens with one attached hydrogen (secondary N) is 1. The molecule has 0 saturated heterocycles. The van der Waals surface area contributed by atoms with Crippen LogP contribution >= 0.6 is 0 Å². The van der Waals surface area contributed by atoms with E-state index in [0.29, 0.717) is 0 Å². The largest absolute Gasteiger partial charge is 0.450 e. The average molecular weight is 501 g/mol. The number of aryl methyl sites for hydroxylation is 2. The number of H-pyrrole nitrogens is 1. The summed E-state index contributed by atoms with van der Waals surface area (Å²) >= 11 is 0. The van der Waals surface area contributed by atoms with Crippen molar-refractivity contribution in [3.8, 4) is 22.6 Å². The summed E-state index contributed by atoms with van der Waals surface area (Å²) in [5, 5.41) is 0.248. The van der Waals surface area contributed by atoms with Gasteiger partial charge in [-0.05, 0) is 24.3 Å². The van der Waals surface area contributed by atoms with Crippen molar-refractivity contribution in [2.24, 2.45) is 14.1 Å². The summed E-state index contributed by atoms with van der Waals surface area (Å²) in [5.41, 5.74) is -5.59. The number of halogens is 7. The van der Waals surface area contributed by atoms with Crippen molar-refractivity contribution >= 4 is 10.9 Å². The van der Waals surface area contributed by atoms with E-state index in [4.69, 9.17) is 4.74 Å². The Hall–Kier alpha value is -4.03. The molecular weight excluding hydrogens is 487 g/mol. The van der Waals surface area contributed by atoms with E-state index in [0.717, 1.165) is 9.13 Å². The van der Waals surface area contributed by atoms with Crippen molar-refractivity contribution in [3.63, 3.8) is 0 Å². The number of fused-ring (bicyclic) bond motifs is 1. The van der Waals surface area contributed by atoms with Gasteiger partial charge in [0.1, 0.15) is 22.5 Å². The summed E-state index contributed by atoms with van der Waals surface area (Å²) in [7, 11) is 2.59. The maximum atomic E-state index is 13.8. The molecule has 1 N–H and O–H groups in total. The van der Waals surface area contributed by atoms with Gasteiger partial charge in [0.2, 0.25) is 5.75 Å². The zero-order valence-electron chi connectivity index (χ0n) is 17.8. The van der Waals surface area contributed by atoms with Crippen LogP contribution in [0.5, 0.6) is 11.5 Å². The molecule has 6 nitrogen and oxygen atoms in total. The van der Waals surface area contributed by atoms with Crippen LogP contribution in [0, 0.1) is 5.82 Å². The molecule has 0 radical (unpaired) electrons. The number of hydrogen-bond acceptors (Lipinski definition) is 3. The number of nitrogens with zero attached hydrogens (tertiary/aromatic N) is 2. The molecular formula is C22H14F7N3O3. The molecule has 0 aliphatic heterocycles. The van der Waals surface area contributed by atoms with E-state index in [1.807, 2.05) is 0 Å². The number of hydrogen-bond donors (Lipinski definition) is 1. The molecule has 0 aliphatic carbocycles. The predicted octanol–water partition coefficient (Wildman–Crippen LogP) is 5.20. The molecule has 0 amide bonds. The van der Waals surface area contributed by atoms with Crippen LogP contribution in [0.15, 0.2) is 52.4 Å². The van der Waals surface area contributed by atoms with Gasteiger partial charge >= 0.3 is 12.4 Å². The van der Waals surface area contributed by atoms with Crippen LogP contribution in [0.4, 0.5) is 30.7 Å². The first-order valence-electron chi connectivity index (χ1n) is 9.72. The molecule has 3 aromatic heterocycles. The second-order valence-corrected chi connectivity index (χ2v) is 7.63. The van der Waals surface area contributed by atoms with Gasteiger partial charge in [-0.2, -0.15) is 26.3 Å². The minimum Gasteiger partial charge on any atom is -0.450 e. The van der Waals surface area contributed by atoms with Gasteiger partial charge in [-0.3, -0.25) is 9.59 Å². The zero-order chi connectivity index (χ0) is 25.9. The summed E-state index contributed by atoms with van der Waals surface area (Å²) in [5.74, 6) is -4.44. The minimum atomic E-state index is -5.44. The van der Waals surface area contributed by atoms with Gasteiger partial charge in [-0.1, -0.05) is 0 Å². The molecule has 3 heterocycles. The third-order valence-electron chi connectivity index (χ3n) is 5.28. The van der Waals surface area contributed by atoms with E-state index in [9.17, 15) is 40.3 Å². The Bertz CT molecular complexity index is 1540. The Kier molecular flexibility index (Phi) is 5.53. The van der Waals surface area contributed by atoms with Gasteiger partial charge in [-0.15, -0.1) is 0 Å². The highest BCUT2D eigenvalue weighted by Crippen LogP contribution is 2.47.